The van der Waals surface area contributed by atoms with Crippen molar-refractivity contribution in [2.45, 2.75) is 33.6 Å². The van der Waals surface area contributed by atoms with Crippen molar-refractivity contribution >= 4 is 17.7 Å². The number of carboxylic acids is 1. The first-order valence-electron chi connectivity index (χ1n) is 8.18. The Hall–Kier alpha value is -2.89. The largest absolute Gasteiger partial charge is 0.478 e. The van der Waals surface area contributed by atoms with Gasteiger partial charge in [-0.3, -0.25) is 9.59 Å². The van der Waals surface area contributed by atoms with E-state index in [1.54, 1.807) is 31.2 Å². The molecule has 0 radical (unpaired) electrons. The van der Waals surface area contributed by atoms with Gasteiger partial charge in [-0.25, -0.2) is 4.79 Å². The third-order valence-electron chi connectivity index (χ3n) is 4.12. The van der Waals surface area contributed by atoms with Crippen molar-refractivity contribution in [3.63, 3.8) is 0 Å². The van der Waals surface area contributed by atoms with Gasteiger partial charge in [0.1, 0.15) is 5.69 Å². The van der Waals surface area contributed by atoms with E-state index >= 15 is 0 Å². The van der Waals surface area contributed by atoms with Gasteiger partial charge in [-0.1, -0.05) is 19.1 Å². The summed E-state index contributed by atoms with van der Waals surface area (Å²) in [5, 5.41) is 11.7. The molecule has 0 aliphatic rings. The molecule has 0 aliphatic heterocycles. The Labute approximate surface area is 146 Å². The lowest BCUT2D eigenvalue weighted by Gasteiger charge is -2.07. The highest BCUT2D eigenvalue weighted by Gasteiger charge is 2.21. The lowest BCUT2D eigenvalue weighted by Crippen LogP contribution is -2.27. The van der Waals surface area contributed by atoms with Crippen LogP contribution in [-0.4, -0.2) is 34.3 Å². The van der Waals surface area contributed by atoms with Gasteiger partial charge in [-0.05, 0) is 49.9 Å². The third kappa shape index (κ3) is 4.15. The Kier molecular flexibility index (Phi) is 5.75. The number of ketones is 1. The normalized spacial score (nSPS) is 10.5. The van der Waals surface area contributed by atoms with Crippen LogP contribution in [0, 0.1) is 6.92 Å². The lowest BCUT2D eigenvalue weighted by molar-refractivity contribution is 0.0696. The van der Waals surface area contributed by atoms with Crippen molar-refractivity contribution in [2.75, 3.05) is 6.54 Å². The Morgan fingerprint density at radius 1 is 1.16 bits per heavy atom. The second-order valence-electron chi connectivity index (χ2n) is 5.90. The molecule has 2 aromatic rings. The highest BCUT2D eigenvalue weighted by molar-refractivity contribution is 6.02. The number of benzene rings is 1. The molecule has 0 unspecified atom stereocenters. The quantitative estimate of drug-likeness (QED) is 0.674. The average Bonchev–Trinajstić information content (AvgIpc) is 2.92. The fourth-order valence-electron chi connectivity index (χ4n) is 2.92. The van der Waals surface area contributed by atoms with Crippen LogP contribution in [0.3, 0.4) is 0 Å². The lowest BCUT2D eigenvalue weighted by atomic mass is 10.0. The molecule has 0 bridgehead atoms. The number of rotatable bonds is 7. The molecule has 0 aliphatic carbocycles. The first-order chi connectivity index (χ1) is 11.8. The van der Waals surface area contributed by atoms with Gasteiger partial charge in [0.05, 0.1) is 5.56 Å². The highest BCUT2D eigenvalue weighted by atomic mass is 16.4. The van der Waals surface area contributed by atoms with Crippen molar-refractivity contribution < 1.29 is 19.5 Å². The van der Waals surface area contributed by atoms with E-state index < -0.39 is 5.97 Å². The Morgan fingerprint density at radius 2 is 1.80 bits per heavy atom. The first kappa shape index (κ1) is 18.4. The molecule has 3 N–H and O–H groups in total. The second kappa shape index (κ2) is 7.79. The fourth-order valence-corrected chi connectivity index (χ4v) is 2.92. The van der Waals surface area contributed by atoms with Crippen LogP contribution in [0.25, 0.3) is 0 Å². The molecule has 0 saturated heterocycles. The fraction of sp³-hybridized carbons (Fsp3) is 0.316. The number of aromatic carboxylic acids is 1. The topological polar surface area (TPSA) is 99.3 Å². The summed E-state index contributed by atoms with van der Waals surface area (Å²) in [5.74, 6) is -1.26. The molecule has 0 fully saturated rings. The van der Waals surface area contributed by atoms with Gasteiger partial charge in [-0.15, -0.1) is 0 Å². The van der Waals surface area contributed by atoms with Crippen molar-refractivity contribution in [2.24, 2.45) is 0 Å². The minimum Gasteiger partial charge on any atom is -0.478 e. The van der Waals surface area contributed by atoms with Crippen LogP contribution >= 0.6 is 0 Å². The number of aromatic nitrogens is 1. The molecule has 6 nitrogen and oxygen atoms in total. The van der Waals surface area contributed by atoms with Gasteiger partial charge in [0.2, 0.25) is 0 Å². The number of hydrogen-bond donors (Lipinski definition) is 3. The molecule has 0 spiro atoms. The number of carbonyl (C=O) groups is 3. The van der Waals surface area contributed by atoms with E-state index in [9.17, 15) is 14.4 Å². The predicted octanol–water partition coefficient (Wildman–Crippen LogP) is 2.76. The van der Waals surface area contributed by atoms with Crippen molar-refractivity contribution in [1.82, 2.24) is 10.3 Å². The van der Waals surface area contributed by atoms with Gasteiger partial charge in [0, 0.05) is 17.8 Å². The predicted molar refractivity (Wildman–Crippen MR) is 94.4 cm³/mol. The Balaban J connectivity index is 2.02. The van der Waals surface area contributed by atoms with Gasteiger partial charge in [-0.2, -0.15) is 0 Å². The average molecular weight is 342 g/mol. The number of aryl methyl sites for hydroxylation is 1. The number of H-pyrrole nitrogens is 1. The highest BCUT2D eigenvalue weighted by Crippen LogP contribution is 2.20. The zero-order valence-electron chi connectivity index (χ0n) is 14.6. The third-order valence-corrected chi connectivity index (χ3v) is 4.12. The monoisotopic (exact) mass is 342 g/mol. The maximum absolute atomic E-state index is 12.4. The number of amides is 1. The zero-order chi connectivity index (χ0) is 18.6. The van der Waals surface area contributed by atoms with Crippen LogP contribution in [-0.2, 0) is 12.8 Å². The number of Topliss-reactive ketones (excluding diaryl/α,β-unsaturated/α-hetero) is 1. The molecule has 1 heterocycles. The van der Waals surface area contributed by atoms with Crippen LogP contribution < -0.4 is 5.32 Å². The van der Waals surface area contributed by atoms with E-state index in [4.69, 9.17) is 5.11 Å². The van der Waals surface area contributed by atoms with E-state index in [1.807, 2.05) is 6.92 Å². The van der Waals surface area contributed by atoms with Gasteiger partial charge in [0.25, 0.3) is 5.91 Å². The van der Waals surface area contributed by atoms with E-state index in [0.29, 0.717) is 36.3 Å². The molecule has 132 valence electrons. The summed E-state index contributed by atoms with van der Waals surface area (Å²) in [6.07, 6.45) is 1.19. The second-order valence-corrected chi connectivity index (χ2v) is 5.90. The summed E-state index contributed by atoms with van der Waals surface area (Å²) in [6.45, 7) is 5.62. The number of aromatic amines is 1. The summed E-state index contributed by atoms with van der Waals surface area (Å²) in [7, 11) is 0. The van der Waals surface area contributed by atoms with E-state index in [0.717, 1.165) is 11.1 Å². The number of nitrogens with one attached hydrogen (secondary N) is 2. The van der Waals surface area contributed by atoms with Crippen LogP contribution in [0.1, 0.15) is 61.9 Å². The summed E-state index contributed by atoms with van der Waals surface area (Å²) in [6, 6.07) is 6.56. The van der Waals surface area contributed by atoms with Gasteiger partial charge < -0.3 is 15.4 Å². The summed E-state index contributed by atoms with van der Waals surface area (Å²) in [4.78, 5) is 38.0. The van der Waals surface area contributed by atoms with Crippen LogP contribution in [0.4, 0.5) is 0 Å². The number of carbonyl (C=O) groups excluding carboxylic acids is 2. The molecule has 1 amide bonds. The standard InChI is InChI=1S/C19H22N2O4/c1-4-15-16(12(3)22)11(2)21-17(15)18(23)20-10-9-13-5-7-14(8-6-13)19(24)25/h5-8,21H,4,9-10H2,1-3H3,(H,20,23)(H,24,25). The van der Waals surface area contributed by atoms with Gasteiger partial charge >= 0.3 is 5.97 Å². The molecule has 0 atom stereocenters. The zero-order valence-corrected chi connectivity index (χ0v) is 14.6. The summed E-state index contributed by atoms with van der Waals surface area (Å²) < 4.78 is 0. The minimum atomic E-state index is -0.963. The molecular formula is C19H22N2O4. The van der Waals surface area contributed by atoms with Crippen LogP contribution in [0.15, 0.2) is 24.3 Å². The van der Waals surface area contributed by atoms with Crippen LogP contribution in [0.5, 0.6) is 0 Å². The van der Waals surface area contributed by atoms with Gasteiger partial charge in [0.15, 0.2) is 5.78 Å². The number of carboxylic acid groups (broad SMARTS) is 1. The van der Waals surface area contributed by atoms with Crippen molar-refractivity contribution in [3.05, 3.63) is 57.9 Å². The molecule has 2 rings (SSSR count). The van der Waals surface area contributed by atoms with Crippen molar-refractivity contribution in [1.29, 1.82) is 0 Å². The molecular weight excluding hydrogens is 320 g/mol. The molecule has 1 aromatic carbocycles. The maximum Gasteiger partial charge on any atom is 0.335 e. The smallest absolute Gasteiger partial charge is 0.335 e. The summed E-state index contributed by atoms with van der Waals surface area (Å²) >= 11 is 0. The van der Waals surface area contributed by atoms with Crippen LogP contribution in [0.2, 0.25) is 0 Å². The molecule has 0 saturated carbocycles. The Morgan fingerprint density at radius 3 is 2.32 bits per heavy atom. The number of hydrogen-bond acceptors (Lipinski definition) is 3. The SMILES string of the molecule is CCc1c(C(=O)NCCc2ccc(C(=O)O)cc2)[nH]c(C)c1C(C)=O. The van der Waals surface area contributed by atoms with E-state index in [2.05, 4.69) is 10.3 Å². The first-order valence-corrected chi connectivity index (χ1v) is 8.18. The molecule has 6 heteroatoms. The minimum absolute atomic E-state index is 0.0526. The molecule has 1 aromatic heterocycles. The molecule has 25 heavy (non-hydrogen) atoms. The summed E-state index contributed by atoms with van der Waals surface area (Å²) in [5.41, 5.74) is 3.66. The van der Waals surface area contributed by atoms with Crippen molar-refractivity contribution in [3.8, 4) is 0 Å². The van der Waals surface area contributed by atoms with E-state index in [-0.39, 0.29) is 17.3 Å². The maximum atomic E-state index is 12.4. The Bertz CT molecular complexity index is 804. The van der Waals surface area contributed by atoms with E-state index in [1.165, 1.54) is 6.92 Å².